The fourth-order valence-electron chi connectivity index (χ4n) is 3.75. The van der Waals surface area contributed by atoms with Gasteiger partial charge in [-0.25, -0.2) is 4.39 Å². The van der Waals surface area contributed by atoms with Crippen molar-refractivity contribution >= 4 is 17.6 Å². The van der Waals surface area contributed by atoms with E-state index in [-0.39, 0.29) is 18.0 Å². The van der Waals surface area contributed by atoms with Crippen LogP contribution >= 0.6 is 0 Å². The molecular formula is C19H26FN3O3. The van der Waals surface area contributed by atoms with Gasteiger partial charge in [-0.05, 0) is 37.6 Å². The standard InChI is InChI=1S/C19H26FN3O3/c1-2-21-8-10-22(11-9-21)17-6-5-14(12-16(17)20)18(24)23-7-3-4-15(13-23)19(25)26/h5-6,12,15H,2-4,7-11,13H2,1H3,(H,25,26). The zero-order valence-electron chi connectivity index (χ0n) is 15.2. The van der Waals surface area contributed by atoms with Crippen molar-refractivity contribution < 1.29 is 19.1 Å². The number of hydrogen-bond acceptors (Lipinski definition) is 4. The van der Waals surface area contributed by atoms with Gasteiger partial charge in [0.05, 0.1) is 11.6 Å². The summed E-state index contributed by atoms with van der Waals surface area (Å²) in [6.07, 6.45) is 1.24. The molecule has 26 heavy (non-hydrogen) atoms. The SMILES string of the molecule is CCN1CCN(c2ccc(C(=O)N3CCCC(C(=O)O)C3)cc2F)CC1. The van der Waals surface area contributed by atoms with Gasteiger partial charge in [0.2, 0.25) is 0 Å². The molecule has 7 heteroatoms. The summed E-state index contributed by atoms with van der Waals surface area (Å²) < 4.78 is 14.6. The number of piperidine rings is 1. The van der Waals surface area contributed by atoms with Gasteiger partial charge in [0.25, 0.3) is 5.91 Å². The number of likely N-dealkylation sites (tertiary alicyclic amines) is 1. The molecule has 142 valence electrons. The molecule has 1 aromatic carbocycles. The molecule has 0 saturated carbocycles. The highest BCUT2D eigenvalue weighted by molar-refractivity contribution is 5.95. The van der Waals surface area contributed by atoms with Crippen molar-refractivity contribution in [3.63, 3.8) is 0 Å². The molecule has 2 saturated heterocycles. The van der Waals surface area contributed by atoms with Gasteiger partial charge in [-0.1, -0.05) is 6.92 Å². The lowest BCUT2D eigenvalue weighted by Gasteiger charge is -2.35. The normalized spacial score (nSPS) is 21.7. The van der Waals surface area contributed by atoms with Gasteiger partial charge in [-0.3, -0.25) is 9.59 Å². The molecule has 0 radical (unpaired) electrons. The molecule has 0 aromatic heterocycles. The van der Waals surface area contributed by atoms with E-state index >= 15 is 0 Å². The van der Waals surface area contributed by atoms with Gasteiger partial charge in [-0.15, -0.1) is 0 Å². The molecule has 3 rings (SSSR count). The molecule has 0 spiro atoms. The molecule has 1 aromatic rings. The zero-order chi connectivity index (χ0) is 18.7. The van der Waals surface area contributed by atoms with Gasteiger partial charge in [0.15, 0.2) is 0 Å². The highest BCUT2D eigenvalue weighted by atomic mass is 19.1. The Hall–Kier alpha value is -2.15. The Labute approximate surface area is 153 Å². The number of carboxylic acid groups (broad SMARTS) is 1. The number of hydrogen-bond donors (Lipinski definition) is 1. The number of likely N-dealkylation sites (N-methyl/N-ethyl adjacent to an activating group) is 1. The van der Waals surface area contributed by atoms with Crippen LogP contribution in [-0.2, 0) is 4.79 Å². The van der Waals surface area contributed by atoms with Crippen molar-refractivity contribution in [2.75, 3.05) is 50.7 Å². The Morgan fingerprint density at radius 3 is 2.54 bits per heavy atom. The molecule has 1 N–H and O–H groups in total. The topological polar surface area (TPSA) is 64.1 Å². The summed E-state index contributed by atoms with van der Waals surface area (Å²) in [5.74, 6) is -2.10. The van der Waals surface area contributed by atoms with Gasteiger partial charge in [0.1, 0.15) is 5.82 Å². The third-order valence-electron chi connectivity index (χ3n) is 5.41. The predicted molar refractivity (Wildman–Crippen MR) is 97.0 cm³/mol. The Morgan fingerprint density at radius 2 is 1.92 bits per heavy atom. The van der Waals surface area contributed by atoms with Crippen LogP contribution in [0.3, 0.4) is 0 Å². The van der Waals surface area contributed by atoms with Crippen molar-refractivity contribution in [2.45, 2.75) is 19.8 Å². The summed E-state index contributed by atoms with van der Waals surface area (Å²) in [4.78, 5) is 29.7. The number of carbonyl (C=O) groups is 2. The van der Waals surface area contributed by atoms with Crippen LogP contribution < -0.4 is 4.90 Å². The molecule has 2 aliphatic rings. The maximum atomic E-state index is 14.6. The second-order valence-electron chi connectivity index (χ2n) is 7.02. The second-order valence-corrected chi connectivity index (χ2v) is 7.02. The number of rotatable bonds is 4. The maximum Gasteiger partial charge on any atom is 0.308 e. The minimum Gasteiger partial charge on any atom is -0.481 e. The highest BCUT2D eigenvalue weighted by Gasteiger charge is 2.29. The molecule has 0 bridgehead atoms. The van der Waals surface area contributed by atoms with Crippen molar-refractivity contribution in [2.24, 2.45) is 5.92 Å². The number of carbonyl (C=O) groups excluding carboxylic acids is 1. The monoisotopic (exact) mass is 363 g/mol. The van der Waals surface area contributed by atoms with E-state index in [1.54, 1.807) is 12.1 Å². The maximum absolute atomic E-state index is 14.6. The van der Waals surface area contributed by atoms with Crippen LogP contribution in [0.4, 0.5) is 10.1 Å². The predicted octanol–water partition coefficient (Wildman–Crippen LogP) is 1.90. The summed E-state index contributed by atoms with van der Waals surface area (Å²) in [5.41, 5.74) is 0.809. The Bertz CT molecular complexity index is 674. The van der Waals surface area contributed by atoms with E-state index in [4.69, 9.17) is 5.11 Å². The zero-order valence-corrected chi connectivity index (χ0v) is 15.2. The summed E-state index contributed by atoms with van der Waals surface area (Å²) >= 11 is 0. The van der Waals surface area contributed by atoms with Gasteiger partial charge in [-0.2, -0.15) is 0 Å². The third kappa shape index (κ3) is 3.98. The number of piperazine rings is 1. The first-order valence-corrected chi connectivity index (χ1v) is 9.28. The van der Waals surface area contributed by atoms with E-state index in [0.717, 1.165) is 32.7 Å². The molecule has 1 atom stereocenters. The number of carboxylic acids is 1. The molecule has 2 aliphatic heterocycles. The molecule has 0 aliphatic carbocycles. The summed E-state index contributed by atoms with van der Waals surface area (Å²) in [6, 6.07) is 4.61. The first-order chi connectivity index (χ1) is 12.5. The van der Waals surface area contributed by atoms with Crippen molar-refractivity contribution in [3.8, 4) is 0 Å². The fourth-order valence-corrected chi connectivity index (χ4v) is 3.75. The van der Waals surface area contributed by atoms with Crippen molar-refractivity contribution in [1.82, 2.24) is 9.80 Å². The van der Waals surface area contributed by atoms with E-state index in [9.17, 15) is 14.0 Å². The number of amides is 1. The smallest absolute Gasteiger partial charge is 0.308 e. The Kier molecular flexibility index (Phi) is 5.76. The van der Waals surface area contributed by atoms with Gasteiger partial charge >= 0.3 is 5.97 Å². The van der Waals surface area contributed by atoms with E-state index in [1.165, 1.54) is 11.0 Å². The molecular weight excluding hydrogens is 337 g/mol. The van der Waals surface area contributed by atoms with E-state index < -0.39 is 17.7 Å². The van der Waals surface area contributed by atoms with Crippen LogP contribution in [0.5, 0.6) is 0 Å². The first-order valence-electron chi connectivity index (χ1n) is 9.28. The lowest BCUT2D eigenvalue weighted by atomic mass is 9.97. The highest BCUT2D eigenvalue weighted by Crippen LogP contribution is 2.24. The van der Waals surface area contributed by atoms with Crippen molar-refractivity contribution in [3.05, 3.63) is 29.6 Å². The van der Waals surface area contributed by atoms with Crippen LogP contribution in [0.15, 0.2) is 18.2 Å². The van der Waals surface area contributed by atoms with Gasteiger partial charge < -0.3 is 19.8 Å². The van der Waals surface area contributed by atoms with Crippen LogP contribution in [0, 0.1) is 11.7 Å². The van der Waals surface area contributed by atoms with Crippen LogP contribution in [0.25, 0.3) is 0 Å². The van der Waals surface area contributed by atoms with Gasteiger partial charge in [0, 0.05) is 44.8 Å². The molecule has 1 unspecified atom stereocenters. The first kappa shape index (κ1) is 18.6. The molecule has 1 amide bonds. The minimum absolute atomic E-state index is 0.191. The summed E-state index contributed by atoms with van der Waals surface area (Å²) in [5, 5.41) is 9.16. The molecule has 6 nitrogen and oxygen atoms in total. The number of anilines is 1. The Balaban J connectivity index is 1.69. The fraction of sp³-hybridized carbons (Fsp3) is 0.579. The summed E-state index contributed by atoms with van der Waals surface area (Å²) in [6.45, 7) is 7.17. The number of benzene rings is 1. The van der Waals surface area contributed by atoms with Crippen LogP contribution in [0.2, 0.25) is 0 Å². The average Bonchev–Trinajstić information content (AvgIpc) is 2.67. The van der Waals surface area contributed by atoms with Crippen LogP contribution in [-0.4, -0.2) is 72.6 Å². The summed E-state index contributed by atoms with van der Waals surface area (Å²) in [7, 11) is 0. The van der Waals surface area contributed by atoms with E-state index in [0.29, 0.717) is 25.1 Å². The van der Waals surface area contributed by atoms with Crippen molar-refractivity contribution in [1.29, 1.82) is 0 Å². The molecule has 2 heterocycles. The largest absolute Gasteiger partial charge is 0.481 e. The van der Waals surface area contributed by atoms with E-state index in [1.807, 2.05) is 4.90 Å². The lowest BCUT2D eigenvalue weighted by molar-refractivity contribution is -0.143. The average molecular weight is 363 g/mol. The second kappa shape index (κ2) is 8.03. The lowest BCUT2D eigenvalue weighted by Crippen LogP contribution is -2.46. The minimum atomic E-state index is -0.879. The van der Waals surface area contributed by atoms with E-state index in [2.05, 4.69) is 11.8 Å². The quantitative estimate of drug-likeness (QED) is 0.885. The number of nitrogens with zero attached hydrogens (tertiary/aromatic N) is 3. The Morgan fingerprint density at radius 1 is 1.19 bits per heavy atom. The molecule has 2 fully saturated rings. The number of halogens is 1. The third-order valence-corrected chi connectivity index (χ3v) is 5.41. The van der Waals surface area contributed by atoms with Crippen LogP contribution in [0.1, 0.15) is 30.1 Å². The number of aliphatic carboxylic acids is 1.